The number of anilines is 2. The zero-order valence-corrected chi connectivity index (χ0v) is 16.0. The predicted molar refractivity (Wildman–Crippen MR) is 111 cm³/mol. The highest BCUT2D eigenvalue weighted by Crippen LogP contribution is 2.25. The summed E-state index contributed by atoms with van der Waals surface area (Å²) in [6.07, 6.45) is 3.57. The molecule has 146 valence electrons. The lowest BCUT2D eigenvalue weighted by Crippen LogP contribution is -2.49. The highest BCUT2D eigenvalue weighted by Gasteiger charge is 2.25. The Labute approximate surface area is 164 Å². The van der Waals surface area contributed by atoms with Crippen LogP contribution in [0.25, 0.3) is 10.9 Å². The molecule has 0 saturated carbocycles. The SMILES string of the molecule is CCNc1cccnc1N1CCN(C(=O)c2c[nH]c3cc(CO)ccc23)CC1. The fourth-order valence-corrected chi connectivity index (χ4v) is 3.72. The number of aliphatic hydroxyl groups is 1. The van der Waals surface area contributed by atoms with Crippen molar-refractivity contribution in [2.45, 2.75) is 13.5 Å². The maximum absolute atomic E-state index is 13.1. The summed E-state index contributed by atoms with van der Waals surface area (Å²) in [6, 6.07) is 9.61. The zero-order valence-electron chi connectivity index (χ0n) is 16.0. The number of aliphatic hydroxyl groups excluding tert-OH is 1. The van der Waals surface area contributed by atoms with Gasteiger partial charge in [-0.05, 0) is 30.7 Å². The molecule has 0 bridgehead atoms. The van der Waals surface area contributed by atoms with Gasteiger partial charge in [0, 0.05) is 56.0 Å². The van der Waals surface area contributed by atoms with Crippen LogP contribution in [0.2, 0.25) is 0 Å². The molecule has 1 fully saturated rings. The summed E-state index contributed by atoms with van der Waals surface area (Å²) in [6.45, 7) is 5.71. The van der Waals surface area contributed by atoms with E-state index in [1.807, 2.05) is 35.2 Å². The number of hydrogen-bond donors (Lipinski definition) is 3. The van der Waals surface area contributed by atoms with E-state index >= 15 is 0 Å². The first kappa shape index (κ1) is 18.3. The van der Waals surface area contributed by atoms with Crippen LogP contribution in [-0.2, 0) is 6.61 Å². The van der Waals surface area contributed by atoms with Crippen LogP contribution >= 0.6 is 0 Å². The van der Waals surface area contributed by atoms with Gasteiger partial charge in [-0.15, -0.1) is 0 Å². The standard InChI is InChI=1S/C21H25N5O2/c1-2-22-18-4-3-7-23-20(18)25-8-10-26(11-9-25)21(28)17-13-24-19-12-15(14-27)5-6-16(17)19/h3-7,12-13,22,24,27H,2,8-11,14H2,1H3. The first-order valence-electron chi connectivity index (χ1n) is 9.65. The second-order valence-corrected chi connectivity index (χ2v) is 6.92. The van der Waals surface area contributed by atoms with Gasteiger partial charge in [-0.3, -0.25) is 4.79 Å². The van der Waals surface area contributed by atoms with E-state index in [0.29, 0.717) is 18.7 Å². The molecule has 0 atom stereocenters. The molecule has 1 aliphatic rings. The number of nitrogens with zero attached hydrogens (tertiary/aromatic N) is 3. The van der Waals surface area contributed by atoms with E-state index < -0.39 is 0 Å². The second-order valence-electron chi connectivity index (χ2n) is 6.92. The fourth-order valence-electron chi connectivity index (χ4n) is 3.72. The Balaban J connectivity index is 1.48. The fraction of sp³-hybridized carbons (Fsp3) is 0.333. The van der Waals surface area contributed by atoms with Gasteiger partial charge in [-0.2, -0.15) is 0 Å². The van der Waals surface area contributed by atoms with Crippen LogP contribution < -0.4 is 10.2 Å². The van der Waals surface area contributed by atoms with Gasteiger partial charge in [-0.1, -0.05) is 12.1 Å². The average Bonchev–Trinajstić information content (AvgIpc) is 3.17. The number of aromatic amines is 1. The summed E-state index contributed by atoms with van der Waals surface area (Å²) in [7, 11) is 0. The van der Waals surface area contributed by atoms with Crippen LogP contribution in [0, 0.1) is 0 Å². The third-order valence-electron chi connectivity index (χ3n) is 5.18. The number of aromatic nitrogens is 2. The van der Waals surface area contributed by atoms with Crippen LogP contribution in [0.3, 0.4) is 0 Å². The molecule has 7 heteroatoms. The molecule has 1 amide bonds. The van der Waals surface area contributed by atoms with Crippen LogP contribution in [0.4, 0.5) is 11.5 Å². The molecule has 1 aromatic carbocycles. The van der Waals surface area contributed by atoms with Crippen molar-refractivity contribution in [3.05, 3.63) is 53.9 Å². The Kier molecular flexibility index (Phi) is 5.16. The third-order valence-corrected chi connectivity index (χ3v) is 5.18. The summed E-state index contributed by atoms with van der Waals surface area (Å²) in [5.74, 6) is 0.982. The number of amides is 1. The van der Waals surface area contributed by atoms with Gasteiger partial charge in [-0.25, -0.2) is 4.98 Å². The molecule has 1 saturated heterocycles. The average molecular weight is 379 g/mol. The predicted octanol–water partition coefficient (Wildman–Crippen LogP) is 2.45. The smallest absolute Gasteiger partial charge is 0.256 e. The van der Waals surface area contributed by atoms with Gasteiger partial charge < -0.3 is 25.2 Å². The topological polar surface area (TPSA) is 84.5 Å². The number of carbonyl (C=O) groups is 1. The number of nitrogens with one attached hydrogen (secondary N) is 2. The summed E-state index contributed by atoms with van der Waals surface area (Å²) in [4.78, 5) is 24.9. The van der Waals surface area contributed by atoms with Crippen molar-refractivity contribution in [2.75, 3.05) is 42.9 Å². The highest BCUT2D eigenvalue weighted by atomic mass is 16.3. The third kappa shape index (κ3) is 3.41. The summed E-state index contributed by atoms with van der Waals surface area (Å²) in [5.41, 5.74) is 3.41. The van der Waals surface area contributed by atoms with Crippen molar-refractivity contribution >= 4 is 28.3 Å². The Morgan fingerprint density at radius 3 is 2.82 bits per heavy atom. The number of H-pyrrole nitrogens is 1. The minimum atomic E-state index is -0.0113. The van der Waals surface area contributed by atoms with E-state index in [2.05, 4.69) is 27.1 Å². The Hall–Kier alpha value is -3.06. The normalized spacial score (nSPS) is 14.5. The van der Waals surface area contributed by atoms with Crippen LogP contribution in [0.1, 0.15) is 22.8 Å². The molecule has 2 aromatic heterocycles. The van der Waals surface area contributed by atoms with Gasteiger partial charge in [0.15, 0.2) is 5.82 Å². The number of benzene rings is 1. The van der Waals surface area contributed by atoms with Gasteiger partial charge in [0.05, 0.1) is 17.9 Å². The molecule has 0 aliphatic carbocycles. The summed E-state index contributed by atoms with van der Waals surface area (Å²) < 4.78 is 0. The Morgan fingerprint density at radius 1 is 1.25 bits per heavy atom. The first-order chi connectivity index (χ1) is 13.7. The molecular formula is C21H25N5O2. The van der Waals surface area contributed by atoms with Crippen molar-refractivity contribution in [3.8, 4) is 0 Å². The van der Waals surface area contributed by atoms with Crippen molar-refractivity contribution in [2.24, 2.45) is 0 Å². The van der Waals surface area contributed by atoms with E-state index in [4.69, 9.17) is 0 Å². The zero-order chi connectivity index (χ0) is 19.5. The van der Waals surface area contributed by atoms with E-state index in [1.165, 1.54) is 0 Å². The van der Waals surface area contributed by atoms with Crippen molar-refractivity contribution in [1.82, 2.24) is 14.9 Å². The molecule has 3 heterocycles. The molecule has 0 unspecified atom stereocenters. The lowest BCUT2D eigenvalue weighted by atomic mass is 10.1. The highest BCUT2D eigenvalue weighted by molar-refractivity contribution is 6.06. The van der Waals surface area contributed by atoms with Gasteiger partial charge in [0.25, 0.3) is 5.91 Å². The first-order valence-corrected chi connectivity index (χ1v) is 9.65. The monoisotopic (exact) mass is 379 g/mol. The number of carbonyl (C=O) groups excluding carboxylic acids is 1. The molecular weight excluding hydrogens is 354 g/mol. The number of fused-ring (bicyclic) bond motifs is 1. The summed E-state index contributed by atoms with van der Waals surface area (Å²) in [5, 5.41) is 13.5. The lowest BCUT2D eigenvalue weighted by molar-refractivity contribution is 0.0748. The Morgan fingerprint density at radius 2 is 2.07 bits per heavy atom. The molecule has 28 heavy (non-hydrogen) atoms. The second kappa shape index (κ2) is 7.90. The molecule has 3 aromatic rings. The minimum Gasteiger partial charge on any atom is -0.392 e. The van der Waals surface area contributed by atoms with Crippen molar-refractivity contribution in [1.29, 1.82) is 0 Å². The van der Waals surface area contributed by atoms with Crippen LogP contribution in [-0.4, -0.2) is 58.6 Å². The molecule has 0 radical (unpaired) electrons. The van der Waals surface area contributed by atoms with Crippen molar-refractivity contribution in [3.63, 3.8) is 0 Å². The van der Waals surface area contributed by atoms with Gasteiger partial charge in [0.2, 0.25) is 0 Å². The molecule has 3 N–H and O–H groups in total. The largest absolute Gasteiger partial charge is 0.392 e. The molecule has 4 rings (SSSR count). The van der Waals surface area contributed by atoms with Gasteiger partial charge in [0.1, 0.15) is 0 Å². The van der Waals surface area contributed by atoms with E-state index in [1.54, 1.807) is 12.4 Å². The van der Waals surface area contributed by atoms with E-state index in [9.17, 15) is 9.90 Å². The van der Waals surface area contributed by atoms with Gasteiger partial charge >= 0.3 is 0 Å². The van der Waals surface area contributed by atoms with Crippen LogP contribution in [0.15, 0.2) is 42.7 Å². The molecule has 1 aliphatic heterocycles. The van der Waals surface area contributed by atoms with E-state index in [0.717, 1.165) is 47.6 Å². The quantitative estimate of drug-likeness (QED) is 0.634. The van der Waals surface area contributed by atoms with Crippen LogP contribution in [0.5, 0.6) is 0 Å². The number of hydrogen-bond acceptors (Lipinski definition) is 5. The van der Waals surface area contributed by atoms with E-state index in [-0.39, 0.29) is 12.5 Å². The maximum Gasteiger partial charge on any atom is 0.256 e. The summed E-state index contributed by atoms with van der Waals surface area (Å²) >= 11 is 0. The minimum absolute atomic E-state index is 0.0113. The van der Waals surface area contributed by atoms with Crippen molar-refractivity contribution < 1.29 is 9.90 Å². The number of piperazine rings is 1. The molecule has 7 nitrogen and oxygen atoms in total. The number of rotatable bonds is 5. The lowest BCUT2D eigenvalue weighted by Gasteiger charge is -2.36. The number of pyridine rings is 1. The molecule has 0 spiro atoms. The Bertz CT molecular complexity index is 976. The maximum atomic E-state index is 13.1.